The van der Waals surface area contributed by atoms with Gasteiger partial charge in [0, 0.05) is 32.1 Å². The Morgan fingerprint density at radius 3 is 2.78 bits per heavy atom. The van der Waals surface area contributed by atoms with Crippen molar-refractivity contribution < 1.29 is 4.79 Å². The van der Waals surface area contributed by atoms with Crippen LogP contribution in [0.3, 0.4) is 0 Å². The van der Waals surface area contributed by atoms with Crippen molar-refractivity contribution in [2.75, 3.05) is 13.6 Å². The topological polar surface area (TPSA) is 53.2 Å². The normalized spacial score (nSPS) is 16.5. The fourth-order valence-electron chi connectivity index (χ4n) is 2.63. The van der Waals surface area contributed by atoms with Gasteiger partial charge in [0.05, 0.1) is 0 Å². The molecule has 0 bridgehead atoms. The maximum atomic E-state index is 12.1. The third kappa shape index (κ3) is 3.00. The summed E-state index contributed by atoms with van der Waals surface area (Å²) in [7, 11) is 1.78. The lowest BCUT2D eigenvalue weighted by atomic mass is 9.89. The SMILES string of the molecule is CN(CC1CCCCC1)C(=O)c1c[nH]ccc1=O. The van der Waals surface area contributed by atoms with Crippen LogP contribution in [0.1, 0.15) is 42.5 Å². The molecule has 1 saturated carbocycles. The number of aromatic nitrogens is 1. The first-order valence-corrected chi connectivity index (χ1v) is 6.61. The number of amides is 1. The number of rotatable bonds is 3. The first-order valence-electron chi connectivity index (χ1n) is 6.61. The van der Waals surface area contributed by atoms with E-state index < -0.39 is 0 Å². The van der Waals surface area contributed by atoms with Gasteiger partial charge in [0.15, 0.2) is 5.43 Å². The molecule has 4 nitrogen and oxygen atoms in total. The first-order chi connectivity index (χ1) is 8.68. The van der Waals surface area contributed by atoms with E-state index in [1.165, 1.54) is 44.4 Å². The maximum Gasteiger partial charge on any atom is 0.259 e. The summed E-state index contributed by atoms with van der Waals surface area (Å²) < 4.78 is 0. The third-order valence-electron chi connectivity index (χ3n) is 3.66. The minimum absolute atomic E-state index is 0.178. The Bertz CT molecular complexity index is 461. The van der Waals surface area contributed by atoms with Gasteiger partial charge in [-0.3, -0.25) is 9.59 Å². The van der Waals surface area contributed by atoms with Crippen molar-refractivity contribution in [1.82, 2.24) is 9.88 Å². The number of carbonyl (C=O) groups is 1. The van der Waals surface area contributed by atoms with Crippen LogP contribution < -0.4 is 5.43 Å². The number of hydrogen-bond donors (Lipinski definition) is 1. The molecular formula is C14H20N2O2. The zero-order chi connectivity index (χ0) is 13.0. The molecule has 18 heavy (non-hydrogen) atoms. The van der Waals surface area contributed by atoms with E-state index in [2.05, 4.69) is 4.98 Å². The predicted molar refractivity (Wildman–Crippen MR) is 70.6 cm³/mol. The van der Waals surface area contributed by atoms with Gasteiger partial charge < -0.3 is 9.88 Å². The van der Waals surface area contributed by atoms with Gasteiger partial charge in [0.2, 0.25) is 0 Å². The highest BCUT2D eigenvalue weighted by atomic mass is 16.2. The van der Waals surface area contributed by atoms with Crippen molar-refractivity contribution >= 4 is 5.91 Å². The summed E-state index contributed by atoms with van der Waals surface area (Å²) >= 11 is 0. The van der Waals surface area contributed by atoms with Crippen molar-refractivity contribution in [1.29, 1.82) is 0 Å². The average Bonchev–Trinajstić information content (AvgIpc) is 2.39. The molecule has 0 unspecified atom stereocenters. The standard InChI is InChI=1S/C14H20N2O2/c1-16(10-11-5-3-2-4-6-11)14(18)12-9-15-8-7-13(12)17/h7-9,11H,2-6,10H2,1H3,(H,15,17). The van der Waals surface area contributed by atoms with E-state index >= 15 is 0 Å². The number of carbonyl (C=O) groups excluding carboxylic acids is 1. The molecular weight excluding hydrogens is 228 g/mol. The van der Waals surface area contributed by atoms with Gasteiger partial charge in [-0.25, -0.2) is 0 Å². The van der Waals surface area contributed by atoms with Crippen LogP contribution in [0.2, 0.25) is 0 Å². The summed E-state index contributed by atoms with van der Waals surface area (Å²) in [5, 5.41) is 0. The molecule has 1 heterocycles. The number of H-pyrrole nitrogens is 1. The van der Waals surface area contributed by atoms with Gasteiger partial charge >= 0.3 is 0 Å². The number of hydrogen-bond acceptors (Lipinski definition) is 2. The summed E-state index contributed by atoms with van der Waals surface area (Å²) in [4.78, 5) is 28.2. The fraction of sp³-hybridized carbons (Fsp3) is 0.571. The highest BCUT2D eigenvalue weighted by molar-refractivity contribution is 5.93. The van der Waals surface area contributed by atoms with Crippen molar-refractivity contribution in [2.24, 2.45) is 5.92 Å². The van der Waals surface area contributed by atoms with E-state index in [0.29, 0.717) is 5.92 Å². The summed E-state index contributed by atoms with van der Waals surface area (Å²) in [5.74, 6) is 0.415. The largest absolute Gasteiger partial charge is 0.367 e. The average molecular weight is 248 g/mol. The molecule has 0 saturated heterocycles. The lowest BCUT2D eigenvalue weighted by Crippen LogP contribution is -2.35. The van der Waals surface area contributed by atoms with Crippen LogP contribution in [0.25, 0.3) is 0 Å². The molecule has 98 valence electrons. The molecule has 2 rings (SSSR count). The molecule has 4 heteroatoms. The van der Waals surface area contributed by atoms with Crippen molar-refractivity contribution in [3.05, 3.63) is 34.2 Å². The van der Waals surface area contributed by atoms with E-state index in [-0.39, 0.29) is 16.9 Å². The third-order valence-corrected chi connectivity index (χ3v) is 3.66. The maximum absolute atomic E-state index is 12.1. The fourth-order valence-corrected chi connectivity index (χ4v) is 2.63. The highest BCUT2D eigenvalue weighted by Gasteiger charge is 2.20. The molecule has 1 aliphatic rings. The van der Waals surface area contributed by atoms with Crippen LogP contribution >= 0.6 is 0 Å². The molecule has 1 fully saturated rings. The Hall–Kier alpha value is -1.58. The number of nitrogens with zero attached hydrogens (tertiary/aromatic N) is 1. The molecule has 1 amide bonds. The smallest absolute Gasteiger partial charge is 0.259 e. The molecule has 0 atom stereocenters. The molecule has 0 aromatic carbocycles. The van der Waals surface area contributed by atoms with Crippen LogP contribution in [-0.4, -0.2) is 29.4 Å². The van der Waals surface area contributed by atoms with E-state index in [1.807, 2.05) is 0 Å². The van der Waals surface area contributed by atoms with Gasteiger partial charge in [-0.2, -0.15) is 0 Å². The monoisotopic (exact) mass is 248 g/mol. The second-order valence-corrected chi connectivity index (χ2v) is 5.11. The Morgan fingerprint density at radius 1 is 1.39 bits per heavy atom. The predicted octanol–water partition coefficient (Wildman–Crippen LogP) is 2.03. The van der Waals surface area contributed by atoms with Gasteiger partial charge in [-0.15, -0.1) is 0 Å². The van der Waals surface area contributed by atoms with E-state index in [9.17, 15) is 9.59 Å². The Balaban J connectivity index is 2.00. The summed E-state index contributed by atoms with van der Waals surface area (Å²) in [6.07, 6.45) is 9.26. The van der Waals surface area contributed by atoms with Gasteiger partial charge in [-0.1, -0.05) is 19.3 Å². The van der Waals surface area contributed by atoms with Crippen LogP contribution in [-0.2, 0) is 0 Å². The summed E-state index contributed by atoms with van der Waals surface area (Å²) in [6, 6.07) is 1.39. The highest BCUT2D eigenvalue weighted by Crippen LogP contribution is 2.24. The molecule has 1 aromatic heterocycles. The second-order valence-electron chi connectivity index (χ2n) is 5.11. The Kier molecular flexibility index (Phi) is 4.18. The van der Waals surface area contributed by atoms with Crippen LogP contribution in [0, 0.1) is 5.92 Å². The number of nitrogens with one attached hydrogen (secondary N) is 1. The summed E-state index contributed by atoms with van der Waals surface area (Å²) in [6.45, 7) is 0.757. The molecule has 0 radical (unpaired) electrons. The van der Waals surface area contributed by atoms with E-state index in [4.69, 9.17) is 0 Å². The second kappa shape index (κ2) is 5.85. The van der Waals surface area contributed by atoms with Crippen molar-refractivity contribution in [3.63, 3.8) is 0 Å². The van der Waals surface area contributed by atoms with Gasteiger partial charge in [0.25, 0.3) is 5.91 Å². The lowest BCUT2D eigenvalue weighted by Gasteiger charge is -2.26. The van der Waals surface area contributed by atoms with Crippen molar-refractivity contribution in [3.8, 4) is 0 Å². The first kappa shape index (κ1) is 12.9. The zero-order valence-electron chi connectivity index (χ0n) is 10.8. The van der Waals surface area contributed by atoms with E-state index in [1.54, 1.807) is 18.1 Å². The van der Waals surface area contributed by atoms with Crippen molar-refractivity contribution in [2.45, 2.75) is 32.1 Å². The molecule has 1 N–H and O–H groups in total. The van der Waals surface area contributed by atoms with E-state index in [0.717, 1.165) is 6.54 Å². The van der Waals surface area contributed by atoms with Gasteiger partial charge in [0.1, 0.15) is 5.56 Å². The Morgan fingerprint density at radius 2 is 2.11 bits per heavy atom. The molecule has 0 spiro atoms. The number of pyridine rings is 1. The molecule has 1 aromatic rings. The molecule has 1 aliphatic carbocycles. The van der Waals surface area contributed by atoms with Crippen LogP contribution in [0.4, 0.5) is 0 Å². The zero-order valence-corrected chi connectivity index (χ0v) is 10.8. The quantitative estimate of drug-likeness (QED) is 0.889. The molecule has 0 aliphatic heterocycles. The van der Waals surface area contributed by atoms with Crippen LogP contribution in [0.15, 0.2) is 23.3 Å². The minimum atomic E-state index is -0.214. The minimum Gasteiger partial charge on any atom is -0.367 e. The summed E-state index contributed by atoms with van der Waals surface area (Å²) in [5.41, 5.74) is 0.0186. The van der Waals surface area contributed by atoms with Crippen LogP contribution in [0.5, 0.6) is 0 Å². The van der Waals surface area contributed by atoms with Gasteiger partial charge in [-0.05, 0) is 18.8 Å². The Labute approximate surface area is 107 Å². The number of aromatic amines is 1. The lowest BCUT2D eigenvalue weighted by molar-refractivity contribution is 0.0759.